The molecular weight excluding hydrogens is 425 g/mol. The highest BCUT2D eigenvalue weighted by Gasteiger charge is 2.29. The van der Waals surface area contributed by atoms with Crippen LogP contribution in [0.1, 0.15) is 11.3 Å². The molecule has 4 nitrogen and oxygen atoms in total. The lowest BCUT2D eigenvalue weighted by Crippen LogP contribution is -2.21. The highest BCUT2D eigenvalue weighted by atomic mass is 35.5. The van der Waals surface area contributed by atoms with E-state index in [1.54, 1.807) is 24.4 Å². The highest BCUT2D eigenvalue weighted by Crippen LogP contribution is 2.31. The number of nitrogens with zero attached hydrogens (tertiary/aromatic N) is 1. The number of hydrogen-bond donors (Lipinski definition) is 1. The average molecular weight is 441 g/mol. The fourth-order valence-corrected chi connectivity index (χ4v) is 3.66. The molecule has 0 aliphatic carbocycles. The van der Waals surface area contributed by atoms with E-state index in [2.05, 4.69) is 10.3 Å². The first-order valence-corrected chi connectivity index (χ1v) is 9.76. The Kier molecular flexibility index (Phi) is 6.44. The Balaban J connectivity index is 1.69. The average Bonchev–Trinajstić information content (AvgIpc) is 3.09. The number of thiazole rings is 1. The molecule has 0 radical (unpaired) electrons. The topological polar surface area (TPSA) is 51.2 Å². The Labute approximate surface area is 174 Å². The third kappa shape index (κ3) is 5.95. The number of ether oxygens (including phenoxy) is 1. The molecule has 0 saturated carbocycles. The zero-order valence-electron chi connectivity index (χ0n) is 15.2. The molecule has 0 aliphatic heterocycles. The van der Waals surface area contributed by atoms with Crippen molar-refractivity contribution >= 4 is 34.5 Å². The number of carbonyl (C=O) groups excluding carboxylic acids is 1. The van der Waals surface area contributed by atoms with E-state index in [4.69, 9.17) is 16.3 Å². The molecule has 0 bridgehead atoms. The molecule has 2 aromatic carbocycles. The number of hydrogen-bond acceptors (Lipinski definition) is 4. The lowest BCUT2D eigenvalue weighted by Gasteiger charge is -2.14. The summed E-state index contributed by atoms with van der Waals surface area (Å²) >= 11 is 7.52. The summed E-state index contributed by atoms with van der Waals surface area (Å²) in [5.41, 5.74) is 2.19. The second-order valence-electron chi connectivity index (χ2n) is 6.25. The number of aryl methyl sites for hydroxylation is 1. The number of benzene rings is 2. The lowest BCUT2D eigenvalue weighted by molar-refractivity contribution is -0.153. The van der Waals surface area contributed by atoms with Gasteiger partial charge in [0.25, 0.3) is 0 Å². The van der Waals surface area contributed by atoms with Crippen molar-refractivity contribution in [3.05, 3.63) is 64.1 Å². The lowest BCUT2D eigenvalue weighted by atomic mass is 10.2. The molecule has 1 N–H and O–H groups in total. The smallest absolute Gasteiger partial charge is 0.422 e. The van der Waals surface area contributed by atoms with Crippen LogP contribution in [-0.4, -0.2) is 23.7 Å². The van der Waals surface area contributed by atoms with Gasteiger partial charge in [0, 0.05) is 10.9 Å². The first kappa shape index (κ1) is 21.1. The SMILES string of the molecule is Cc1ccc(NC(=O)Cc2csc(-c3ccccc3Cl)n2)c(OCC(F)(F)F)c1. The van der Waals surface area contributed by atoms with Crippen molar-refractivity contribution in [2.24, 2.45) is 0 Å². The summed E-state index contributed by atoms with van der Waals surface area (Å²) < 4.78 is 42.2. The molecule has 1 amide bonds. The monoisotopic (exact) mass is 440 g/mol. The molecular formula is C20H16ClF3N2O2S. The molecule has 0 saturated heterocycles. The van der Waals surface area contributed by atoms with Crippen molar-refractivity contribution in [1.29, 1.82) is 0 Å². The second kappa shape index (κ2) is 8.84. The number of carbonyl (C=O) groups is 1. The van der Waals surface area contributed by atoms with Gasteiger partial charge in [-0.1, -0.05) is 35.9 Å². The van der Waals surface area contributed by atoms with Crippen LogP contribution in [0.5, 0.6) is 5.75 Å². The third-order valence-corrected chi connectivity index (χ3v) is 5.05. The van der Waals surface area contributed by atoms with Crippen LogP contribution in [0.2, 0.25) is 5.02 Å². The van der Waals surface area contributed by atoms with Gasteiger partial charge in [-0.25, -0.2) is 4.98 Å². The van der Waals surface area contributed by atoms with E-state index < -0.39 is 18.7 Å². The number of nitrogens with one attached hydrogen (secondary N) is 1. The molecule has 0 aliphatic rings. The molecule has 9 heteroatoms. The number of rotatable bonds is 6. The summed E-state index contributed by atoms with van der Waals surface area (Å²) in [6.45, 7) is 0.282. The largest absolute Gasteiger partial charge is 0.482 e. The first-order valence-electron chi connectivity index (χ1n) is 8.50. The van der Waals surface area contributed by atoms with Crippen molar-refractivity contribution in [3.8, 4) is 16.3 Å². The number of halogens is 4. The van der Waals surface area contributed by atoms with Crippen LogP contribution >= 0.6 is 22.9 Å². The Hall–Kier alpha value is -2.58. The number of amides is 1. The van der Waals surface area contributed by atoms with Crippen LogP contribution < -0.4 is 10.1 Å². The van der Waals surface area contributed by atoms with Gasteiger partial charge in [0.05, 0.1) is 22.8 Å². The summed E-state index contributed by atoms with van der Waals surface area (Å²) in [6.07, 6.45) is -4.51. The van der Waals surface area contributed by atoms with Gasteiger partial charge in [-0.2, -0.15) is 13.2 Å². The fraction of sp³-hybridized carbons (Fsp3) is 0.200. The second-order valence-corrected chi connectivity index (χ2v) is 7.52. The fourth-order valence-electron chi connectivity index (χ4n) is 2.52. The minimum absolute atomic E-state index is 0.0342. The molecule has 29 heavy (non-hydrogen) atoms. The molecule has 3 rings (SSSR count). The van der Waals surface area contributed by atoms with Crippen LogP contribution in [0, 0.1) is 6.92 Å². The van der Waals surface area contributed by atoms with Gasteiger partial charge in [-0.3, -0.25) is 4.79 Å². The van der Waals surface area contributed by atoms with E-state index in [-0.39, 0.29) is 17.9 Å². The van der Waals surface area contributed by atoms with Crippen molar-refractivity contribution < 1.29 is 22.7 Å². The van der Waals surface area contributed by atoms with Gasteiger partial charge in [-0.05, 0) is 30.7 Å². The van der Waals surface area contributed by atoms with Gasteiger partial charge < -0.3 is 10.1 Å². The van der Waals surface area contributed by atoms with Gasteiger partial charge in [-0.15, -0.1) is 11.3 Å². The van der Waals surface area contributed by atoms with E-state index in [0.717, 1.165) is 5.56 Å². The van der Waals surface area contributed by atoms with E-state index in [1.165, 1.54) is 23.5 Å². The molecule has 152 valence electrons. The maximum absolute atomic E-state index is 12.5. The van der Waals surface area contributed by atoms with Crippen molar-refractivity contribution in [1.82, 2.24) is 4.98 Å². The summed E-state index contributed by atoms with van der Waals surface area (Å²) in [7, 11) is 0. The van der Waals surface area contributed by atoms with Gasteiger partial charge >= 0.3 is 6.18 Å². The Morgan fingerprint density at radius 2 is 2.00 bits per heavy atom. The molecule has 1 heterocycles. The van der Waals surface area contributed by atoms with Crippen molar-refractivity contribution in [2.45, 2.75) is 19.5 Å². The summed E-state index contributed by atoms with van der Waals surface area (Å²) in [5.74, 6) is -0.451. The molecule has 1 aromatic heterocycles. The number of aromatic nitrogens is 1. The Bertz CT molecular complexity index is 1020. The van der Waals surface area contributed by atoms with E-state index in [9.17, 15) is 18.0 Å². The van der Waals surface area contributed by atoms with Gasteiger partial charge in [0.15, 0.2) is 6.61 Å². The van der Waals surface area contributed by atoms with E-state index >= 15 is 0 Å². The van der Waals surface area contributed by atoms with Crippen LogP contribution in [0.3, 0.4) is 0 Å². The summed E-state index contributed by atoms with van der Waals surface area (Å²) in [4.78, 5) is 16.8. The van der Waals surface area contributed by atoms with Crippen LogP contribution in [0.15, 0.2) is 47.8 Å². The summed E-state index contributed by atoms with van der Waals surface area (Å²) in [5, 5.41) is 5.58. The maximum atomic E-state index is 12.5. The molecule has 3 aromatic rings. The quantitative estimate of drug-likeness (QED) is 0.519. The zero-order valence-corrected chi connectivity index (χ0v) is 16.8. The molecule has 0 atom stereocenters. The minimum Gasteiger partial charge on any atom is -0.482 e. The van der Waals surface area contributed by atoms with Crippen LogP contribution in [-0.2, 0) is 11.2 Å². The minimum atomic E-state index is -4.47. The van der Waals surface area contributed by atoms with Crippen molar-refractivity contribution in [2.75, 3.05) is 11.9 Å². The van der Waals surface area contributed by atoms with Gasteiger partial charge in [0.1, 0.15) is 10.8 Å². The molecule has 0 fully saturated rings. The molecule has 0 spiro atoms. The first-order chi connectivity index (χ1) is 13.7. The normalized spacial score (nSPS) is 11.3. The van der Waals surface area contributed by atoms with Crippen LogP contribution in [0.4, 0.5) is 18.9 Å². The van der Waals surface area contributed by atoms with Crippen molar-refractivity contribution in [3.63, 3.8) is 0 Å². The van der Waals surface area contributed by atoms with Gasteiger partial charge in [0.2, 0.25) is 5.91 Å². The Morgan fingerprint density at radius 1 is 1.24 bits per heavy atom. The zero-order chi connectivity index (χ0) is 21.0. The predicted octanol–water partition coefficient (Wildman–Crippen LogP) is 5.89. The highest BCUT2D eigenvalue weighted by molar-refractivity contribution is 7.13. The van der Waals surface area contributed by atoms with E-state index in [1.807, 2.05) is 18.2 Å². The van der Waals surface area contributed by atoms with E-state index in [0.29, 0.717) is 21.3 Å². The molecule has 0 unspecified atom stereocenters. The number of alkyl halides is 3. The van der Waals surface area contributed by atoms with Crippen LogP contribution in [0.25, 0.3) is 10.6 Å². The standard InChI is InChI=1S/C20H16ClF3N2O2S/c1-12-6-7-16(17(8-12)28-11-20(22,23)24)26-18(27)9-13-10-29-19(25-13)14-4-2-3-5-15(14)21/h2-8,10H,9,11H2,1H3,(H,26,27). The summed E-state index contributed by atoms with van der Waals surface area (Å²) in [6, 6.07) is 11.9. The third-order valence-electron chi connectivity index (χ3n) is 3.80. The maximum Gasteiger partial charge on any atom is 0.422 e. The number of anilines is 1. The Morgan fingerprint density at radius 3 is 2.72 bits per heavy atom. The predicted molar refractivity (Wildman–Crippen MR) is 108 cm³/mol.